The van der Waals surface area contributed by atoms with Crippen LogP contribution in [-0.4, -0.2) is 28.6 Å². The molecule has 0 aliphatic carbocycles. The standard InChI is InChI=1S/C17H22N2O3/c1-11(2)14(20)8-9-18-17(21)15-16(22-10-19-15)13-6-4-12(3)5-7-13/h4-7,10-11,14,20H,8-9H2,1-3H3,(H,18,21). The van der Waals surface area contributed by atoms with E-state index < -0.39 is 6.10 Å². The second-order valence-electron chi connectivity index (χ2n) is 5.75. The predicted octanol–water partition coefficient (Wildman–Crippen LogP) is 2.79. The third-order valence-electron chi connectivity index (χ3n) is 3.59. The highest BCUT2D eigenvalue weighted by atomic mass is 16.3. The Labute approximate surface area is 130 Å². The molecule has 0 radical (unpaired) electrons. The Hall–Kier alpha value is -2.14. The molecule has 0 saturated carbocycles. The van der Waals surface area contributed by atoms with Crippen LogP contribution in [0.1, 0.15) is 36.3 Å². The molecule has 1 aromatic heterocycles. The number of benzene rings is 1. The van der Waals surface area contributed by atoms with Gasteiger partial charge in [-0.15, -0.1) is 0 Å². The number of aliphatic hydroxyl groups is 1. The first-order valence-corrected chi connectivity index (χ1v) is 7.46. The zero-order valence-electron chi connectivity index (χ0n) is 13.2. The van der Waals surface area contributed by atoms with Gasteiger partial charge in [0.25, 0.3) is 5.91 Å². The van der Waals surface area contributed by atoms with Crippen LogP contribution >= 0.6 is 0 Å². The molecule has 0 aliphatic heterocycles. The average Bonchev–Trinajstić information content (AvgIpc) is 2.97. The molecule has 1 heterocycles. The first-order valence-electron chi connectivity index (χ1n) is 7.46. The summed E-state index contributed by atoms with van der Waals surface area (Å²) in [4.78, 5) is 16.2. The Morgan fingerprint density at radius 2 is 2.00 bits per heavy atom. The molecule has 1 amide bonds. The monoisotopic (exact) mass is 302 g/mol. The molecule has 2 rings (SSSR count). The van der Waals surface area contributed by atoms with Crippen LogP contribution in [0.2, 0.25) is 0 Å². The summed E-state index contributed by atoms with van der Waals surface area (Å²) < 4.78 is 5.36. The molecule has 0 spiro atoms. The normalized spacial score (nSPS) is 12.4. The zero-order chi connectivity index (χ0) is 16.1. The van der Waals surface area contributed by atoms with Crippen LogP contribution in [0.3, 0.4) is 0 Å². The second-order valence-corrected chi connectivity index (χ2v) is 5.75. The van der Waals surface area contributed by atoms with Crippen molar-refractivity contribution in [1.29, 1.82) is 0 Å². The number of nitrogens with one attached hydrogen (secondary N) is 1. The minimum absolute atomic E-state index is 0.173. The number of amides is 1. The van der Waals surface area contributed by atoms with Crippen molar-refractivity contribution in [3.8, 4) is 11.3 Å². The molecule has 2 aromatic rings. The topological polar surface area (TPSA) is 75.4 Å². The van der Waals surface area contributed by atoms with E-state index in [2.05, 4.69) is 10.3 Å². The van der Waals surface area contributed by atoms with Crippen LogP contribution < -0.4 is 5.32 Å². The van der Waals surface area contributed by atoms with Gasteiger partial charge in [0, 0.05) is 12.1 Å². The van der Waals surface area contributed by atoms with Crippen molar-refractivity contribution in [3.05, 3.63) is 41.9 Å². The van der Waals surface area contributed by atoms with Crippen LogP contribution in [0, 0.1) is 12.8 Å². The second kappa shape index (κ2) is 7.22. The Morgan fingerprint density at radius 1 is 1.32 bits per heavy atom. The maximum absolute atomic E-state index is 12.2. The summed E-state index contributed by atoms with van der Waals surface area (Å²) >= 11 is 0. The van der Waals surface area contributed by atoms with E-state index in [-0.39, 0.29) is 17.5 Å². The van der Waals surface area contributed by atoms with Gasteiger partial charge in [0.2, 0.25) is 0 Å². The molecule has 0 aliphatic rings. The summed E-state index contributed by atoms with van der Waals surface area (Å²) in [5.41, 5.74) is 2.22. The van der Waals surface area contributed by atoms with Gasteiger partial charge in [-0.25, -0.2) is 4.98 Å². The van der Waals surface area contributed by atoms with Gasteiger partial charge < -0.3 is 14.8 Å². The summed E-state index contributed by atoms with van der Waals surface area (Å²) in [6.45, 7) is 6.29. The van der Waals surface area contributed by atoms with Crippen LogP contribution in [-0.2, 0) is 0 Å². The van der Waals surface area contributed by atoms with E-state index in [1.54, 1.807) is 0 Å². The Balaban J connectivity index is 2.02. The summed E-state index contributed by atoms with van der Waals surface area (Å²) in [7, 11) is 0. The zero-order valence-corrected chi connectivity index (χ0v) is 13.2. The molecular formula is C17H22N2O3. The first-order chi connectivity index (χ1) is 10.5. The number of carbonyl (C=O) groups excluding carboxylic acids is 1. The fraction of sp³-hybridized carbons (Fsp3) is 0.412. The highest BCUT2D eigenvalue weighted by molar-refractivity contribution is 5.97. The molecule has 0 bridgehead atoms. The number of hydrogen-bond donors (Lipinski definition) is 2. The number of nitrogens with zero attached hydrogens (tertiary/aromatic N) is 1. The minimum Gasteiger partial charge on any atom is -0.443 e. The van der Waals surface area contributed by atoms with E-state index in [4.69, 9.17) is 4.42 Å². The number of aryl methyl sites for hydroxylation is 1. The van der Waals surface area contributed by atoms with E-state index in [1.165, 1.54) is 6.39 Å². The third-order valence-corrected chi connectivity index (χ3v) is 3.59. The number of hydrogen-bond acceptors (Lipinski definition) is 4. The lowest BCUT2D eigenvalue weighted by atomic mass is 10.0. The van der Waals surface area contributed by atoms with E-state index in [9.17, 15) is 9.90 Å². The predicted molar refractivity (Wildman–Crippen MR) is 84.5 cm³/mol. The Bertz CT molecular complexity index is 617. The molecule has 118 valence electrons. The van der Waals surface area contributed by atoms with Crippen molar-refractivity contribution in [1.82, 2.24) is 10.3 Å². The molecule has 5 heteroatoms. The van der Waals surface area contributed by atoms with Crippen LogP contribution in [0.25, 0.3) is 11.3 Å². The van der Waals surface area contributed by atoms with Gasteiger partial charge in [-0.05, 0) is 19.3 Å². The Morgan fingerprint density at radius 3 is 2.64 bits per heavy atom. The molecule has 0 saturated heterocycles. The smallest absolute Gasteiger partial charge is 0.273 e. The molecule has 2 N–H and O–H groups in total. The van der Waals surface area contributed by atoms with E-state index in [1.807, 2.05) is 45.0 Å². The highest BCUT2D eigenvalue weighted by Gasteiger charge is 2.18. The molecule has 0 fully saturated rings. The maximum Gasteiger partial charge on any atom is 0.273 e. The SMILES string of the molecule is Cc1ccc(-c2ocnc2C(=O)NCCC(O)C(C)C)cc1. The fourth-order valence-corrected chi connectivity index (χ4v) is 2.07. The van der Waals surface area contributed by atoms with Crippen LogP contribution in [0.5, 0.6) is 0 Å². The molecule has 1 aromatic carbocycles. The summed E-state index contributed by atoms with van der Waals surface area (Å²) in [6, 6.07) is 7.71. The van der Waals surface area contributed by atoms with Crippen molar-refractivity contribution in [3.63, 3.8) is 0 Å². The number of aliphatic hydroxyl groups excluding tert-OH is 1. The fourth-order valence-electron chi connectivity index (χ4n) is 2.07. The average molecular weight is 302 g/mol. The van der Waals surface area contributed by atoms with Crippen molar-refractivity contribution in [2.24, 2.45) is 5.92 Å². The highest BCUT2D eigenvalue weighted by Crippen LogP contribution is 2.23. The van der Waals surface area contributed by atoms with Gasteiger partial charge in [0.1, 0.15) is 0 Å². The van der Waals surface area contributed by atoms with Crippen molar-refractivity contribution in [2.75, 3.05) is 6.54 Å². The van der Waals surface area contributed by atoms with Crippen molar-refractivity contribution >= 4 is 5.91 Å². The number of aromatic nitrogens is 1. The van der Waals surface area contributed by atoms with Gasteiger partial charge in [-0.1, -0.05) is 43.7 Å². The minimum atomic E-state index is -0.422. The molecule has 1 atom stereocenters. The van der Waals surface area contributed by atoms with Gasteiger partial charge in [0.05, 0.1) is 6.10 Å². The molecule has 5 nitrogen and oxygen atoms in total. The lowest BCUT2D eigenvalue weighted by Crippen LogP contribution is -2.29. The lowest BCUT2D eigenvalue weighted by Gasteiger charge is -2.14. The quantitative estimate of drug-likeness (QED) is 0.860. The molecular weight excluding hydrogens is 280 g/mol. The molecule has 22 heavy (non-hydrogen) atoms. The largest absolute Gasteiger partial charge is 0.443 e. The van der Waals surface area contributed by atoms with E-state index in [0.717, 1.165) is 11.1 Å². The van der Waals surface area contributed by atoms with Gasteiger partial charge in [-0.3, -0.25) is 4.79 Å². The van der Waals surface area contributed by atoms with Crippen molar-refractivity contribution in [2.45, 2.75) is 33.3 Å². The van der Waals surface area contributed by atoms with Crippen LogP contribution in [0.15, 0.2) is 35.1 Å². The lowest BCUT2D eigenvalue weighted by molar-refractivity contribution is 0.0916. The summed E-state index contributed by atoms with van der Waals surface area (Å²) in [5.74, 6) is 0.342. The summed E-state index contributed by atoms with van der Waals surface area (Å²) in [6.07, 6.45) is 1.36. The van der Waals surface area contributed by atoms with Crippen molar-refractivity contribution < 1.29 is 14.3 Å². The Kier molecular flexibility index (Phi) is 5.33. The number of oxazole rings is 1. The maximum atomic E-state index is 12.2. The van der Waals surface area contributed by atoms with E-state index in [0.29, 0.717) is 18.7 Å². The van der Waals surface area contributed by atoms with Crippen LogP contribution in [0.4, 0.5) is 0 Å². The number of carbonyl (C=O) groups is 1. The first kappa shape index (κ1) is 16.2. The van der Waals surface area contributed by atoms with Gasteiger partial charge >= 0.3 is 0 Å². The third kappa shape index (κ3) is 3.95. The van der Waals surface area contributed by atoms with Gasteiger partial charge in [-0.2, -0.15) is 0 Å². The number of rotatable bonds is 6. The van der Waals surface area contributed by atoms with Gasteiger partial charge in [0.15, 0.2) is 17.8 Å². The molecule has 1 unspecified atom stereocenters. The van der Waals surface area contributed by atoms with E-state index >= 15 is 0 Å². The summed E-state index contributed by atoms with van der Waals surface area (Å²) in [5, 5.41) is 12.5.